The number of phosphoric acid groups is 1. The molecule has 0 heterocycles. The molecule has 1 aliphatic carbocycles. The fourth-order valence-electron chi connectivity index (χ4n) is 7.58. The van der Waals surface area contributed by atoms with E-state index in [9.17, 15) is 39.8 Å². The van der Waals surface area contributed by atoms with Crippen LogP contribution in [0.2, 0.25) is 0 Å². The summed E-state index contributed by atoms with van der Waals surface area (Å²) in [6.45, 7) is 4.13. The molecule has 0 spiro atoms. The molecule has 0 aliphatic heterocycles. The van der Waals surface area contributed by atoms with Crippen molar-refractivity contribution in [2.45, 2.75) is 243 Å². The van der Waals surface area contributed by atoms with Crippen LogP contribution in [0.3, 0.4) is 0 Å². The molecule has 6 N–H and O–H groups in total. The number of aliphatic hydroxyl groups excluding tert-OH is 5. The van der Waals surface area contributed by atoms with Gasteiger partial charge in [0, 0.05) is 13.0 Å². The van der Waals surface area contributed by atoms with Crippen molar-refractivity contribution in [2.75, 3.05) is 19.8 Å². The number of phosphoric ester groups is 1. The Morgan fingerprint density at radius 3 is 1.40 bits per heavy atom. The van der Waals surface area contributed by atoms with Gasteiger partial charge in [-0.3, -0.25) is 13.8 Å². The molecule has 0 saturated heterocycles. The van der Waals surface area contributed by atoms with Crippen molar-refractivity contribution in [3.05, 3.63) is 60.8 Å². The zero-order chi connectivity index (χ0) is 47.6. The van der Waals surface area contributed by atoms with E-state index in [1.165, 1.54) is 83.5 Å². The van der Waals surface area contributed by atoms with Crippen LogP contribution in [0.4, 0.5) is 0 Å². The maximum Gasteiger partial charge on any atom is 0.472 e. The molecule has 1 saturated carbocycles. The van der Waals surface area contributed by atoms with Gasteiger partial charge < -0.3 is 39.9 Å². The molecule has 0 amide bonds. The van der Waals surface area contributed by atoms with Crippen LogP contribution in [-0.2, 0) is 27.9 Å². The molecule has 0 aromatic heterocycles. The average Bonchev–Trinajstić information content (AvgIpc) is 3.29. The standard InChI is InChI=1S/C52H93O12P/c1-3-5-7-9-11-13-15-17-19-21-23-24-26-28-30-32-34-36-38-40-42-61-43-45(44-62-65(59,60)64-52-50(57)48(55)47(54)49(56)51(52)58)63-46(53)41-39-37-35-33-31-29-27-25-22-20-18-16-14-12-10-8-6-4-2/h5,7,11,13,17,19-20,22-24,45,47-52,54-58H,3-4,6,8-10,12,14-16,18,21,25-44H2,1-2H3,(H,59,60)/b7-5-,13-11-,19-17-,22-20-,24-23-. The van der Waals surface area contributed by atoms with Crippen LogP contribution in [0.25, 0.3) is 0 Å². The average molecular weight is 941 g/mol. The summed E-state index contributed by atoms with van der Waals surface area (Å²) in [6, 6.07) is 0. The Bertz CT molecular complexity index is 1300. The van der Waals surface area contributed by atoms with E-state index in [-0.39, 0.29) is 13.0 Å². The summed E-state index contributed by atoms with van der Waals surface area (Å²) in [7, 11) is -5.03. The molecule has 0 bridgehead atoms. The smallest absolute Gasteiger partial charge is 0.457 e. The van der Waals surface area contributed by atoms with Gasteiger partial charge in [-0.25, -0.2) is 4.57 Å². The molecule has 378 valence electrons. The zero-order valence-corrected chi connectivity index (χ0v) is 41.4. The van der Waals surface area contributed by atoms with E-state index in [4.69, 9.17) is 18.5 Å². The lowest BCUT2D eigenvalue weighted by Gasteiger charge is -2.41. The first-order valence-electron chi connectivity index (χ1n) is 25.6. The fraction of sp³-hybridized carbons (Fsp3) is 0.788. The molecule has 1 rings (SSSR count). The van der Waals surface area contributed by atoms with Crippen molar-refractivity contribution in [2.24, 2.45) is 0 Å². The molecule has 0 aromatic rings. The first-order valence-corrected chi connectivity index (χ1v) is 27.1. The van der Waals surface area contributed by atoms with E-state index in [0.717, 1.165) is 89.9 Å². The van der Waals surface area contributed by atoms with E-state index >= 15 is 0 Å². The van der Waals surface area contributed by atoms with Crippen LogP contribution in [0, 0.1) is 0 Å². The molecular formula is C52H93O12P. The predicted octanol–water partition coefficient (Wildman–Crippen LogP) is 11.4. The normalized spacial score (nSPS) is 22.0. The monoisotopic (exact) mass is 941 g/mol. The predicted molar refractivity (Wildman–Crippen MR) is 262 cm³/mol. The number of aliphatic hydroxyl groups is 5. The van der Waals surface area contributed by atoms with Crippen molar-refractivity contribution in [1.82, 2.24) is 0 Å². The molecule has 6 unspecified atom stereocenters. The summed E-state index contributed by atoms with van der Waals surface area (Å²) in [6.07, 6.45) is 41.4. The van der Waals surface area contributed by atoms with E-state index in [0.29, 0.717) is 13.0 Å². The summed E-state index contributed by atoms with van der Waals surface area (Å²) < 4.78 is 34.3. The molecule has 1 fully saturated rings. The Hall–Kier alpha value is -1.96. The highest BCUT2D eigenvalue weighted by atomic mass is 31.2. The minimum atomic E-state index is -5.03. The largest absolute Gasteiger partial charge is 0.472 e. The van der Waals surface area contributed by atoms with Gasteiger partial charge in [0.15, 0.2) is 0 Å². The highest BCUT2D eigenvalue weighted by Crippen LogP contribution is 2.47. The van der Waals surface area contributed by atoms with Gasteiger partial charge in [-0.2, -0.15) is 0 Å². The molecule has 13 heteroatoms. The lowest BCUT2D eigenvalue weighted by Crippen LogP contribution is -2.64. The van der Waals surface area contributed by atoms with Gasteiger partial charge in [0.2, 0.25) is 0 Å². The molecular weight excluding hydrogens is 848 g/mol. The Balaban J connectivity index is 2.36. The lowest BCUT2D eigenvalue weighted by atomic mass is 9.85. The van der Waals surface area contributed by atoms with E-state index in [2.05, 4.69) is 74.6 Å². The number of allylic oxidation sites excluding steroid dienone is 10. The third-order valence-electron chi connectivity index (χ3n) is 11.6. The van der Waals surface area contributed by atoms with Crippen molar-refractivity contribution in [3.63, 3.8) is 0 Å². The summed E-state index contributed by atoms with van der Waals surface area (Å²) in [5.41, 5.74) is 0. The van der Waals surface area contributed by atoms with Crippen molar-refractivity contribution in [1.29, 1.82) is 0 Å². The summed E-state index contributed by atoms with van der Waals surface area (Å²) in [4.78, 5) is 23.2. The third kappa shape index (κ3) is 34.1. The molecule has 0 aromatic carbocycles. The summed E-state index contributed by atoms with van der Waals surface area (Å²) >= 11 is 0. The van der Waals surface area contributed by atoms with Crippen LogP contribution in [0.1, 0.15) is 200 Å². The van der Waals surface area contributed by atoms with Crippen LogP contribution in [0.15, 0.2) is 60.8 Å². The number of carbonyl (C=O) groups is 1. The van der Waals surface area contributed by atoms with Gasteiger partial charge in [-0.05, 0) is 77.0 Å². The summed E-state index contributed by atoms with van der Waals surface area (Å²) in [5.74, 6) is -0.487. The Labute approximate surface area is 394 Å². The number of carbonyl (C=O) groups excluding carboxylic acids is 1. The van der Waals surface area contributed by atoms with Crippen molar-refractivity contribution >= 4 is 13.8 Å². The summed E-state index contributed by atoms with van der Waals surface area (Å²) in [5, 5.41) is 50.3. The maximum absolute atomic E-state index is 12.9. The van der Waals surface area contributed by atoms with Crippen molar-refractivity contribution < 1.29 is 58.3 Å². The minimum absolute atomic E-state index is 0.0876. The molecule has 1 aliphatic rings. The number of unbranched alkanes of at least 4 members (excludes halogenated alkanes) is 21. The molecule has 6 atom stereocenters. The van der Waals surface area contributed by atoms with Gasteiger partial charge in [-0.1, -0.05) is 177 Å². The van der Waals surface area contributed by atoms with Gasteiger partial charge in [-0.15, -0.1) is 0 Å². The van der Waals surface area contributed by atoms with E-state index < -0.39 is 63.1 Å². The molecule has 0 radical (unpaired) electrons. The van der Waals surface area contributed by atoms with Crippen molar-refractivity contribution in [3.8, 4) is 0 Å². The quantitative estimate of drug-likeness (QED) is 0.0147. The fourth-order valence-corrected chi connectivity index (χ4v) is 8.55. The second-order valence-electron chi connectivity index (χ2n) is 17.6. The zero-order valence-electron chi connectivity index (χ0n) is 40.5. The number of hydrogen-bond donors (Lipinski definition) is 6. The topological polar surface area (TPSA) is 192 Å². The Morgan fingerprint density at radius 2 is 0.908 bits per heavy atom. The van der Waals surface area contributed by atoms with Gasteiger partial charge in [0.1, 0.15) is 42.7 Å². The second kappa shape index (κ2) is 42.2. The highest BCUT2D eigenvalue weighted by Gasteiger charge is 2.51. The Kier molecular flexibility index (Phi) is 39.6. The first kappa shape index (κ1) is 61.1. The van der Waals surface area contributed by atoms with Gasteiger partial charge in [0.05, 0.1) is 13.2 Å². The highest BCUT2D eigenvalue weighted by molar-refractivity contribution is 7.47. The number of rotatable bonds is 43. The van der Waals surface area contributed by atoms with E-state index in [1.54, 1.807) is 0 Å². The molecule has 12 nitrogen and oxygen atoms in total. The van der Waals surface area contributed by atoms with Crippen LogP contribution in [-0.4, -0.2) is 98.9 Å². The SMILES string of the molecule is CC/C=C\C/C=C\C/C=C\C/C=C\CCCCCCCCCOCC(COP(=O)(O)OC1C(O)C(O)C(O)C(O)C1O)OC(=O)CCCCCCCCC/C=C\CCCCCCCCC. The van der Waals surface area contributed by atoms with Gasteiger partial charge >= 0.3 is 13.8 Å². The number of ether oxygens (including phenoxy) is 2. The molecule has 65 heavy (non-hydrogen) atoms. The minimum Gasteiger partial charge on any atom is -0.457 e. The van der Waals surface area contributed by atoms with Crippen LogP contribution < -0.4 is 0 Å². The Morgan fingerprint density at radius 1 is 0.508 bits per heavy atom. The number of esters is 1. The lowest BCUT2D eigenvalue weighted by molar-refractivity contribution is -0.220. The second-order valence-corrected chi connectivity index (χ2v) is 19.0. The first-order chi connectivity index (χ1) is 31.5. The van der Waals surface area contributed by atoms with Gasteiger partial charge in [0.25, 0.3) is 0 Å². The van der Waals surface area contributed by atoms with E-state index in [1.807, 2.05) is 0 Å². The maximum atomic E-state index is 12.9. The number of hydrogen-bond acceptors (Lipinski definition) is 11. The van der Waals surface area contributed by atoms with Crippen LogP contribution >= 0.6 is 7.82 Å². The van der Waals surface area contributed by atoms with Crippen LogP contribution in [0.5, 0.6) is 0 Å². The third-order valence-corrected chi connectivity index (χ3v) is 12.6.